The number of pyridine rings is 1. The summed E-state index contributed by atoms with van der Waals surface area (Å²) in [5.41, 5.74) is 7.72. The van der Waals surface area contributed by atoms with Crippen LogP contribution in [0.25, 0.3) is 44.3 Å². The third kappa shape index (κ3) is 5.59. The summed E-state index contributed by atoms with van der Waals surface area (Å²) >= 11 is 0. The van der Waals surface area contributed by atoms with Crippen LogP contribution < -0.4 is 4.74 Å². The van der Waals surface area contributed by atoms with Gasteiger partial charge in [0.05, 0.1) is 0 Å². The van der Waals surface area contributed by atoms with Crippen molar-refractivity contribution in [1.82, 2.24) is 18.7 Å². The first-order valence-corrected chi connectivity index (χ1v) is 15.1. The van der Waals surface area contributed by atoms with Crippen molar-refractivity contribution < 1.29 is 25.8 Å². The van der Waals surface area contributed by atoms with Crippen LogP contribution in [0, 0.1) is 12.1 Å². The van der Waals surface area contributed by atoms with E-state index >= 15 is 0 Å². The van der Waals surface area contributed by atoms with E-state index in [1.807, 2.05) is 30.5 Å². The van der Waals surface area contributed by atoms with E-state index < -0.39 is 0 Å². The summed E-state index contributed by atoms with van der Waals surface area (Å²) < 4.78 is 12.9. The van der Waals surface area contributed by atoms with Gasteiger partial charge in [0.25, 0.3) is 0 Å². The fourth-order valence-electron chi connectivity index (χ4n) is 5.90. The number of fused-ring (bicyclic) bond motifs is 4. The molecule has 230 valence electrons. The molecule has 3 aromatic heterocycles. The van der Waals surface area contributed by atoms with E-state index in [2.05, 4.69) is 141 Å². The zero-order valence-electron chi connectivity index (χ0n) is 26.8. The third-order valence-electron chi connectivity index (χ3n) is 8.40. The minimum atomic E-state index is -0.00600. The van der Waals surface area contributed by atoms with E-state index in [1.54, 1.807) is 0 Å². The molecule has 7 rings (SSSR count). The maximum Gasteiger partial charge on any atom is 0.188 e. The molecule has 0 radical (unpaired) electrons. The minimum Gasteiger partial charge on any atom is -0.508 e. The minimum absolute atomic E-state index is 0. The number of para-hydroxylation sites is 2. The molecule has 5 nitrogen and oxygen atoms in total. The molecule has 0 N–H and O–H groups in total. The van der Waals surface area contributed by atoms with Gasteiger partial charge in [0.2, 0.25) is 0 Å². The quantitative estimate of drug-likeness (QED) is 0.167. The number of benzene rings is 4. The Morgan fingerprint density at radius 1 is 0.689 bits per heavy atom. The fourth-order valence-corrected chi connectivity index (χ4v) is 5.90. The molecule has 0 fully saturated rings. The molecule has 6 heteroatoms. The molecular formula is C39H37N4OPt-. The maximum atomic E-state index is 6.45. The first-order valence-electron chi connectivity index (χ1n) is 15.1. The number of rotatable bonds is 4. The van der Waals surface area contributed by atoms with Crippen molar-refractivity contribution in [2.45, 2.75) is 52.4 Å². The van der Waals surface area contributed by atoms with Gasteiger partial charge in [-0.05, 0) is 57.7 Å². The Bertz CT molecular complexity index is 2190. The zero-order valence-corrected chi connectivity index (χ0v) is 29.0. The Hall–Kier alpha value is -4.21. The molecule has 0 saturated heterocycles. The predicted molar refractivity (Wildman–Crippen MR) is 180 cm³/mol. The maximum absolute atomic E-state index is 6.45. The van der Waals surface area contributed by atoms with Crippen molar-refractivity contribution in [3.63, 3.8) is 0 Å². The second-order valence-corrected chi connectivity index (χ2v) is 13.6. The summed E-state index contributed by atoms with van der Waals surface area (Å²) in [7, 11) is 2.05. The van der Waals surface area contributed by atoms with E-state index in [-0.39, 0.29) is 31.9 Å². The van der Waals surface area contributed by atoms with Crippen LogP contribution in [0.3, 0.4) is 0 Å². The number of aryl methyl sites for hydroxylation is 1. The number of ether oxygens (including phenoxy) is 1. The molecule has 45 heavy (non-hydrogen) atoms. The Labute approximate surface area is 279 Å². The fraction of sp³-hybridized carbons (Fsp3) is 0.231. The van der Waals surface area contributed by atoms with E-state index in [9.17, 15) is 0 Å². The van der Waals surface area contributed by atoms with Crippen molar-refractivity contribution in [1.29, 1.82) is 0 Å². The van der Waals surface area contributed by atoms with Gasteiger partial charge in [-0.25, -0.2) is 14.1 Å². The predicted octanol–water partition coefficient (Wildman–Crippen LogP) is 9.73. The average Bonchev–Trinajstić information content (AvgIpc) is 3.50. The number of aromatic nitrogens is 4. The van der Waals surface area contributed by atoms with Crippen LogP contribution in [-0.2, 0) is 38.9 Å². The van der Waals surface area contributed by atoms with E-state index in [0.29, 0.717) is 11.5 Å². The normalized spacial score (nSPS) is 12.2. The molecule has 0 aliphatic carbocycles. The Balaban J connectivity index is 0.00000357. The van der Waals surface area contributed by atoms with Crippen molar-refractivity contribution >= 4 is 32.8 Å². The summed E-state index contributed by atoms with van der Waals surface area (Å²) in [6, 6.07) is 36.6. The number of hydrogen-bond donors (Lipinski definition) is 0. The monoisotopic (exact) mass is 772 g/mol. The van der Waals surface area contributed by atoms with Gasteiger partial charge in [0.15, 0.2) is 17.4 Å². The van der Waals surface area contributed by atoms with E-state index in [4.69, 9.17) is 9.72 Å². The van der Waals surface area contributed by atoms with Gasteiger partial charge in [0, 0.05) is 69.1 Å². The molecular weight excluding hydrogens is 736 g/mol. The molecule has 0 bridgehead atoms. The Morgan fingerprint density at radius 2 is 1.38 bits per heavy atom. The van der Waals surface area contributed by atoms with Crippen LogP contribution >= 0.6 is 0 Å². The summed E-state index contributed by atoms with van der Waals surface area (Å²) in [5.74, 6) is 2.13. The molecule has 3 heterocycles. The standard InChI is InChI=1S/C39H37N4O.Pt/c1-38(2,3)26-15-17-31-32-18-16-30(24-36(32)43(35(31)21-26)37-22-27(19-20-40-37)39(4,5)6)44-29-12-10-11-28(23-29)42-25-41(7)33-13-8-9-14-34(33)42;/h8-22,25H,1-7H3;/q-1;. The van der Waals surface area contributed by atoms with E-state index in [1.165, 1.54) is 16.5 Å². The summed E-state index contributed by atoms with van der Waals surface area (Å²) in [6.45, 7) is 13.4. The number of imidazole rings is 1. The average molecular weight is 773 g/mol. The molecule has 0 aliphatic rings. The van der Waals surface area contributed by atoms with Gasteiger partial charge < -0.3 is 9.30 Å². The number of hydrogen-bond acceptors (Lipinski definition) is 2. The summed E-state index contributed by atoms with van der Waals surface area (Å²) in [4.78, 5) is 4.86. The van der Waals surface area contributed by atoms with Gasteiger partial charge in [-0.3, -0.25) is 0 Å². The molecule has 7 aromatic rings. The molecule has 4 aromatic carbocycles. The van der Waals surface area contributed by atoms with Gasteiger partial charge in [0.1, 0.15) is 5.82 Å². The molecule has 0 spiro atoms. The second kappa shape index (κ2) is 11.3. The number of nitrogens with zero attached hydrogens (tertiary/aromatic N) is 4. The first-order chi connectivity index (χ1) is 21.0. The van der Waals surface area contributed by atoms with Crippen LogP contribution in [0.4, 0.5) is 0 Å². The van der Waals surface area contributed by atoms with Gasteiger partial charge in [-0.15, -0.1) is 29.7 Å². The van der Waals surface area contributed by atoms with Crippen LogP contribution in [-0.4, -0.2) is 18.7 Å². The molecule has 0 aliphatic heterocycles. The van der Waals surface area contributed by atoms with Crippen LogP contribution in [0.2, 0.25) is 0 Å². The Morgan fingerprint density at radius 3 is 2.13 bits per heavy atom. The third-order valence-corrected chi connectivity index (χ3v) is 8.40. The van der Waals surface area contributed by atoms with Crippen molar-refractivity contribution in [2.75, 3.05) is 0 Å². The SMILES string of the molecule is Cn1[cH+]n(-c2[c-]c(Oc3[c-]c4c(cc3)c3ccc(C(C)(C)C)cc3n4-c3cc(C(C)(C)C)ccn3)ccc2)c2ccccc21.[Pt]. The molecule has 0 atom stereocenters. The van der Waals surface area contributed by atoms with Crippen LogP contribution in [0.5, 0.6) is 11.5 Å². The van der Waals surface area contributed by atoms with Crippen LogP contribution in [0.1, 0.15) is 52.7 Å². The van der Waals surface area contributed by atoms with Gasteiger partial charge >= 0.3 is 0 Å². The smallest absolute Gasteiger partial charge is 0.188 e. The first kappa shape index (κ1) is 30.8. The molecule has 0 unspecified atom stereocenters. The molecule has 0 saturated carbocycles. The molecule has 0 amide bonds. The van der Waals surface area contributed by atoms with Gasteiger partial charge in [-0.1, -0.05) is 65.3 Å². The summed E-state index contributed by atoms with van der Waals surface area (Å²) in [5, 5.41) is 2.28. The van der Waals surface area contributed by atoms with E-state index in [0.717, 1.165) is 39.0 Å². The topological polar surface area (TPSA) is 36.9 Å². The van der Waals surface area contributed by atoms with Crippen molar-refractivity contribution in [3.8, 4) is 23.0 Å². The van der Waals surface area contributed by atoms with Crippen LogP contribution in [0.15, 0.2) is 97.5 Å². The largest absolute Gasteiger partial charge is 0.508 e. The second-order valence-electron chi connectivity index (χ2n) is 13.6. The zero-order chi connectivity index (χ0) is 30.8. The van der Waals surface area contributed by atoms with Crippen molar-refractivity contribution in [2.24, 2.45) is 7.05 Å². The van der Waals surface area contributed by atoms with Crippen molar-refractivity contribution in [3.05, 3.63) is 121 Å². The Kier molecular flexibility index (Phi) is 7.73. The van der Waals surface area contributed by atoms with Gasteiger partial charge in [-0.2, -0.15) is 12.1 Å². The summed E-state index contributed by atoms with van der Waals surface area (Å²) in [6.07, 6.45) is 3.98.